The van der Waals surface area contributed by atoms with E-state index < -0.39 is 52.0 Å². The summed E-state index contributed by atoms with van der Waals surface area (Å²) in [5.41, 5.74) is -0.941. The van der Waals surface area contributed by atoms with E-state index >= 15 is 0 Å². The predicted octanol–water partition coefficient (Wildman–Crippen LogP) is 3.55. The number of nitrogens with one attached hydrogen (secondary N) is 1. The normalized spacial score (nSPS) is 12.7. The van der Waals surface area contributed by atoms with Gasteiger partial charge in [-0.3, -0.25) is 13.9 Å². The van der Waals surface area contributed by atoms with Crippen molar-refractivity contribution in [1.29, 1.82) is 0 Å². The highest BCUT2D eigenvalue weighted by molar-refractivity contribution is 7.92. The molecule has 2 aromatic rings. The summed E-state index contributed by atoms with van der Waals surface area (Å²) in [6.45, 7) is 2.65. The molecule has 0 bridgehead atoms. The van der Waals surface area contributed by atoms with Gasteiger partial charge in [0.05, 0.1) is 17.5 Å². The molecular formula is C23H27F4N3O4S. The number of hydrogen-bond donors (Lipinski definition) is 1. The van der Waals surface area contributed by atoms with Crippen molar-refractivity contribution in [3.05, 3.63) is 65.5 Å². The monoisotopic (exact) mass is 517 g/mol. The summed E-state index contributed by atoms with van der Waals surface area (Å²) in [6.07, 6.45) is -3.77. The zero-order valence-corrected chi connectivity index (χ0v) is 20.3. The second-order valence-corrected chi connectivity index (χ2v) is 9.69. The predicted molar refractivity (Wildman–Crippen MR) is 123 cm³/mol. The van der Waals surface area contributed by atoms with Crippen molar-refractivity contribution in [3.63, 3.8) is 0 Å². The first-order chi connectivity index (χ1) is 16.3. The summed E-state index contributed by atoms with van der Waals surface area (Å²) in [5.74, 6) is -1.79. The van der Waals surface area contributed by atoms with E-state index in [0.717, 1.165) is 29.4 Å². The maximum absolute atomic E-state index is 13.4. The average Bonchev–Trinajstić information content (AvgIpc) is 2.77. The highest BCUT2D eigenvalue weighted by atomic mass is 32.2. The number of anilines is 1. The van der Waals surface area contributed by atoms with Crippen LogP contribution < -0.4 is 9.62 Å². The molecule has 1 atom stereocenters. The maximum atomic E-state index is 13.4. The zero-order chi connectivity index (χ0) is 26.4. The largest absolute Gasteiger partial charge is 0.416 e. The fourth-order valence-corrected chi connectivity index (χ4v) is 4.29. The number of alkyl halides is 3. The highest BCUT2D eigenvalue weighted by Gasteiger charge is 2.34. The Kier molecular flexibility index (Phi) is 9.24. The summed E-state index contributed by atoms with van der Waals surface area (Å²) in [5, 5.41) is 2.62. The Morgan fingerprint density at radius 1 is 1.06 bits per heavy atom. The Hall–Kier alpha value is -3.15. The summed E-state index contributed by atoms with van der Waals surface area (Å²) >= 11 is 0. The third-order valence-corrected chi connectivity index (χ3v) is 6.28. The van der Waals surface area contributed by atoms with Gasteiger partial charge in [-0.25, -0.2) is 12.8 Å². The molecule has 2 amide bonds. The van der Waals surface area contributed by atoms with Crippen LogP contribution in [0.5, 0.6) is 0 Å². The Morgan fingerprint density at radius 2 is 1.69 bits per heavy atom. The van der Waals surface area contributed by atoms with E-state index in [9.17, 15) is 35.6 Å². The molecule has 1 N–H and O–H groups in total. The molecule has 12 heteroatoms. The third kappa shape index (κ3) is 7.67. The van der Waals surface area contributed by atoms with Crippen LogP contribution >= 0.6 is 0 Å². The Bertz CT molecular complexity index is 1140. The minimum absolute atomic E-state index is 0.144. The van der Waals surface area contributed by atoms with Crippen LogP contribution in [0.3, 0.4) is 0 Å². The van der Waals surface area contributed by atoms with Gasteiger partial charge < -0.3 is 10.2 Å². The van der Waals surface area contributed by atoms with E-state index in [1.165, 1.54) is 24.3 Å². The molecule has 0 aliphatic heterocycles. The lowest BCUT2D eigenvalue weighted by Gasteiger charge is -2.33. The lowest BCUT2D eigenvalue weighted by atomic mass is 10.1. The molecule has 192 valence electrons. The number of likely N-dealkylation sites (N-methyl/N-ethyl adjacent to an activating group) is 1. The van der Waals surface area contributed by atoms with E-state index in [1.807, 2.05) is 0 Å². The molecular weight excluding hydrogens is 490 g/mol. The van der Waals surface area contributed by atoms with E-state index in [1.54, 1.807) is 13.8 Å². The van der Waals surface area contributed by atoms with Crippen molar-refractivity contribution >= 4 is 27.5 Å². The summed E-state index contributed by atoms with van der Waals surface area (Å²) in [6, 6.07) is 7.81. The van der Waals surface area contributed by atoms with Gasteiger partial charge in [0, 0.05) is 13.1 Å². The van der Waals surface area contributed by atoms with Crippen molar-refractivity contribution in [2.75, 3.05) is 23.7 Å². The minimum atomic E-state index is -4.72. The maximum Gasteiger partial charge on any atom is 0.416 e. The second kappa shape index (κ2) is 11.5. The average molecular weight is 518 g/mol. The first-order valence-electron chi connectivity index (χ1n) is 10.7. The van der Waals surface area contributed by atoms with Crippen molar-refractivity contribution in [1.82, 2.24) is 10.2 Å². The molecule has 0 radical (unpaired) electrons. The summed E-state index contributed by atoms with van der Waals surface area (Å²) in [7, 11) is -4.18. The van der Waals surface area contributed by atoms with Crippen LogP contribution in [0.25, 0.3) is 0 Å². The Morgan fingerprint density at radius 3 is 2.20 bits per heavy atom. The second-order valence-electron chi connectivity index (χ2n) is 7.78. The molecule has 2 aromatic carbocycles. The summed E-state index contributed by atoms with van der Waals surface area (Å²) < 4.78 is 78.4. The smallest absolute Gasteiger partial charge is 0.355 e. The van der Waals surface area contributed by atoms with Crippen LogP contribution in [0, 0.1) is 5.82 Å². The fourth-order valence-electron chi connectivity index (χ4n) is 3.45. The summed E-state index contributed by atoms with van der Waals surface area (Å²) in [4.78, 5) is 27.2. The first kappa shape index (κ1) is 28.1. The van der Waals surface area contributed by atoms with Gasteiger partial charge in [-0.15, -0.1) is 0 Å². The topological polar surface area (TPSA) is 86.8 Å². The van der Waals surface area contributed by atoms with Gasteiger partial charge in [-0.05, 0) is 49.2 Å². The van der Waals surface area contributed by atoms with E-state index in [2.05, 4.69) is 5.32 Å². The third-order valence-electron chi connectivity index (χ3n) is 5.14. The quantitative estimate of drug-likeness (QED) is 0.489. The molecule has 0 aromatic heterocycles. The number of sulfonamides is 1. The van der Waals surface area contributed by atoms with Crippen LogP contribution in [0.1, 0.15) is 31.4 Å². The van der Waals surface area contributed by atoms with Crippen molar-refractivity contribution in [2.24, 2.45) is 0 Å². The number of carbonyl (C=O) groups is 2. The van der Waals surface area contributed by atoms with E-state index in [0.29, 0.717) is 15.9 Å². The van der Waals surface area contributed by atoms with Crippen LogP contribution in [-0.2, 0) is 32.3 Å². The van der Waals surface area contributed by atoms with Gasteiger partial charge in [0.1, 0.15) is 18.4 Å². The lowest BCUT2D eigenvalue weighted by Crippen LogP contribution is -2.52. The number of rotatable bonds is 10. The van der Waals surface area contributed by atoms with E-state index in [4.69, 9.17) is 0 Å². The molecule has 0 fully saturated rings. The van der Waals surface area contributed by atoms with Gasteiger partial charge in [-0.1, -0.05) is 25.1 Å². The SMILES string of the molecule is CCNC(=O)[C@@H](CC)N(Cc1ccc(F)cc1)C(=O)CN(c1cccc(C(F)(F)F)c1)S(C)(=O)=O. The van der Waals surface area contributed by atoms with Crippen LogP contribution in [0.4, 0.5) is 23.2 Å². The number of hydrogen-bond acceptors (Lipinski definition) is 4. The van der Waals surface area contributed by atoms with Gasteiger partial charge in [0.25, 0.3) is 0 Å². The standard InChI is InChI=1S/C23H27F4N3O4S/c1-4-20(22(32)28-5-2)29(14-16-9-11-18(24)12-10-16)21(31)15-30(35(3,33)34)19-8-6-7-17(13-19)23(25,26)27/h6-13,20H,4-5,14-15H2,1-3H3,(H,28,32)/t20-/m1/s1. The Balaban J connectivity index is 2.47. The van der Waals surface area contributed by atoms with Gasteiger partial charge in [0.2, 0.25) is 21.8 Å². The zero-order valence-electron chi connectivity index (χ0n) is 19.5. The molecule has 0 heterocycles. The number of nitrogens with zero attached hydrogens (tertiary/aromatic N) is 2. The van der Waals surface area contributed by atoms with Crippen LogP contribution in [-0.4, -0.2) is 50.5 Å². The molecule has 35 heavy (non-hydrogen) atoms. The molecule has 0 unspecified atom stereocenters. The fraction of sp³-hybridized carbons (Fsp3) is 0.391. The molecule has 0 saturated carbocycles. The molecule has 7 nitrogen and oxygen atoms in total. The minimum Gasteiger partial charge on any atom is -0.355 e. The van der Waals surface area contributed by atoms with Crippen LogP contribution in [0.15, 0.2) is 48.5 Å². The number of amides is 2. The lowest BCUT2D eigenvalue weighted by molar-refractivity contribution is -0.140. The molecule has 0 saturated heterocycles. The molecule has 0 aliphatic carbocycles. The van der Waals surface area contributed by atoms with Crippen molar-refractivity contribution in [2.45, 2.75) is 39.0 Å². The van der Waals surface area contributed by atoms with Gasteiger partial charge >= 0.3 is 6.18 Å². The first-order valence-corrected chi connectivity index (χ1v) is 12.6. The van der Waals surface area contributed by atoms with Crippen molar-refractivity contribution < 1.29 is 35.6 Å². The van der Waals surface area contributed by atoms with E-state index in [-0.39, 0.29) is 25.2 Å². The number of benzene rings is 2. The molecule has 0 aliphatic rings. The van der Waals surface area contributed by atoms with Gasteiger partial charge in [-0.2, -0.15) is 13.2 Å². The molecule has 2 rings (SSSR count). The van der Waals surface area contributed by atoms with Crippen molar-refractivity contribution in [3.8, 4) is 0 Å². The number of carbonyl (C=O) groups excluding carboxylic acids is 2. The number of halogens is 4. The Labute approximate surface area is 201 Å². The van der Waals surface area contributed by atoms with Crippen LogP contribution in [0.2, 0.25) is 0 Å². The molecule has 0 spiro atoms. The highest BCUT2D eigenvalue weighted by Crippen LogP contribution is 2.32. The van der Waals surface area contributed by atoms with Gasteiger partial charge in [0.15, 0.2) is 0 Å².